The van der Waals surface area contributed by atoms with Gasteiger partial charge in [-0.25, -0.2) is 23.5 Å². The van der Waals surface area contributed by atoms with Gasteiger partial charge in [-0.05, 0) is 71.4 Å². The smallest absolute Gasteiger partial charge is 0.410 e. The molecule has 1 aliphatic carbocycles. The first-order chi connectivity index (χ1) is 19.9. The third-order valence-electron chi connectivity index (χ3n) is 7.55. The minimum absolute atomic E-state index is 0.0663. The van der Waals surface area contributed by atoms with Gasteiger partial charge in [0.1, 0.15) is 16.8 Å². The minimum atomic E-state index is -0.865. The molecule has 4 N–H and O–H groups in total. The van der Waals surface area contributed by atoms with Gasteiger partial charge in [0.05, 0.1) is 6.20 Å². The Morgan fingerprint density at radius 2 is 1.79 bits per heavy atom. The lowest BCUT2D eigenvalue weighted by Crippen LogP contribution is -2.47. The Morgan fingerprint density at radius 1 is 1.10 bits per heavy atom. The number of benzene rings is 1. The Labute approximate surface area is 247 Å². The zero-order chi connectivity index (χ0) is 30.2. The van der Waals surface area contributed by atoms with E-state index < -0.39 is 22.9 Å². The van der Waals surface area contributed by atoms with E-state index in [4.69, 9.17) is 27.1 Å². The first kappa shape index (κ1) is 29.7. The number of imidazole rings is 1. The number of aromatic nitrogens is 4. The summed E-state index contributed by atoms with van der Waals surface area (Å²) in [6.45, 7) is 6.51. The van der Waals surface area contributed by atoms with Crippen LogP contribution < -0.4 is 16.4 Å². The predicted octanol–water partition coefficient (Wildman–Crippen LogP) is 5.53. The predicted molar refractivity (Wildman–Crippen MR) is 155 cm³/mol. The lowest BCUT2D eigenvalue weighted by Gasteiger charge is -2.34. The molecule has 2 aromatic heterocycles. The summed E-state index contributed by atoms with van der Waals surface area (Å²) in [6.07, 6.45) is 5.10. The molecule has 1 aliphatic heterocycles. The highest BCUT2D eigenvalue weighted by atomic mass is 35.5. The zero-order valence-corrected chi connectivity index (χ0v) is 24.5. The summed E-state index contributed by atoms with van der Waals surface area (Å²) in [4.78, 5) is 39.8. The fraction of sp³-hybridized carbons (Fsp3) is 0.536. The van der Waals surface area contributed by atoms with Gasteiger partial charge in [-0.15, -0.1) is 0 Å². The van der Waals surface area contributed by atoms with Gasteiger partial charge in [-0.3, -0.25) is 9.36 Å². The van der Waals surface area contributed by atoms with E-state index >= 15 is 0 Å². The topological polar surface area (TPSA) is 140 Å². The van der Waals surface area contributed by atoms with Gasteiger partial charge in [0.15, 0.2) is 17.3 Å². The summed E-state index contributed by atoms with van der Waals surface area (Å²) in [6, 6.07) is 1.77. The normalized spacial score (nSPS) is 21.3. The van der Waals surface area contributed by atoms with Crippen LogP contribution in [0.3, 0.4) is 0 Å². The maximum atomic E-state index is 14.7. The van der Waals surface area contributed by atoms with Crippen molar-refractivity contribution in [3.8, 4) is 0 Å². The Morgan fingerprint density at radius 3 is 2.43 bits per heavy atom. The number of nitrogens with two attached hydrogens (primary N) is 1. The Bertz CT molecular complexity index is 1460. The number of ether oxygens (including phenoxy) is 1. The molecule has 11 nitrogen and oxygen atoms in total. The number of hydrogen-bond acceptors (Lipinski definition) is 8. The number of likely N-dealkylation sites (tertiary alicyclic amines) is 1. The molecule has 1 saturated carbocycles. The zero-order valence-electron chi connectivity index (χ0n) is 23.8. The Hall–Kier alpha value is -3.74. The summed E-state index contributed by atoms with van der Waals surface area (Å²) < 4.78 is 36.8. The second kappa shape index (κ2) is 11.9. The molecule has 1 atom stereocenters. The molecule has 42 heavy (non-hydrogen) atoms. The number of nitrogens with one attached hydrogen (secondary N) is 2. The highest BCUT2D eigenvalue weighted by molar-refractivity contribution is 6.30. The van der Waals surface area contributed by atoms with Crippen LogP contribution in [0.15, 0.2) is 18.3 Å². The summed E-state index contributed by atoms with van der Waals surface area (Å²) >= 11 is 5.81. The second-order valence-electron chi connectivity index (χ2n) is 11.9. The molecular weight excluding hydrogens is 570 g/mol. The highest BCUT2D eigenvalue weighted by Crippen LogP contribution is 2.38. The molecule has 1 aromatic carbocycles. The van der Waals surface area contributed by atoms with E-state index in [1.165, 1.54) is 0 Å². The number of piperidine rings is 1. The van der Waals surface area contributed by atoms with Gasteiger partial charge >= 0.3 is 6.09 Å². The van der Waals surface area contributed by atoms with Crippen LogP contribution in [0.2, 0.25) is 5.02 Å². The van der Waals surface area contributed by atoms with E-state index in [1.807, 2.05) is 20.8 Å². The van der Waals surface area contributed by atoms with E-state index in [1.54, 1.807) is 15.7 Å². The van der Waals surface area contributed by atoms with Crippen LogP contribution in [-0.2, 0) is 9.53 Å². The largest absolute Gasteiger partial charge is 0.444 e. The van der Waals surface area contributed by atoms with Crippen LogP contribution in [-0.4, -0.2) is 61.2 Å². The van der Waals surface area contributed by atoms with Crippen LogP contribution in [0.1, 0.15) is 65.3 Å². The van der Waals surface area contributed by atoms with Crippen molar-refractivity contribution in [2.75, 3.05) is 23.7 Å². The van der Waals surface area contributed by atoms with Crippen molar-refractivity contribution in [2.24, 2.45) is 11.7 Å². The van der Waals surface area contributed by atoms with Crippen molar-refractivity contribution >= 4 is 52.3 Å². The number of rotatable bonds is 6. The molecule has 2 aliphatic rings. The van der Waals surface area contributed by atoms with Gasteiger partial charge < -0.3 is 26.0 Å². The van der Waals surface area contributed by atoms with Crippen LogP contribution in [0.25, 0.3) is 11.2 Å². The molecule has 226 valence electrons. The number of hydrogen-bond donors (Lipinski definition) is 3. The van der Waals surface area contributed by atoms with Crippen LogP contribution in [0.4, 0.5) is 31.2 Å². The highest BCUT2D eigenvalue weighted by Gasteiger charge is 2.31. The molecular formula is C28H35ClF2N8O3. The molecule has 3 heterocycles. The molecule has 2 amide bonds. The van der Waals surface area contributed by atoms with Crippen molar-refractivity contribution in [3.05, 3.63) is 35.0 Å². The molecule has 3 aromatic rings. The van der Waals surface area contributed by atoms with Crippen molar-refractivity contribution in [1.29, 1.82) is 0 Å². The van der Waals surface area contributed by atoms with Crippen LogP contribution >= 0.6 is 11.6 Å². The fourth-order valence-corrected chi connectivity index (χ4v) is 5.75. The van der Waals surface area contributed by atoms with Gasteiger partial charge in [-0.2, -0.15) is 4.98 Å². The first-order valence-electron chi connectivity index (χ1n) is 14.1. The monoisotopic (exact) mass is 604 g/mol. The van der Waals surface area contributed by atoms with E-state index in [9.17, 15) is 18.4 Å². The quantitative estimate of drug-likeness (QED) is 0.334. The standard InChI is InChI=1S/C28H35ClF2N8O3/c1-28(2,3)42-27(41)38-10-4-5-17(14-38)34-25-33-13-21-24(37-25)39(18-8-6-15(7-9-18)23(32)40)26(35-21)36-22-19(30)11-16(29)12-20(22)31/h11-13,15,17-18H,4-10,14H2,1-3H3,(H2,32,40)(H,35,36)(H,33,34,37)/t15-,17-,18+/m1/s1. The summed E-state index contributed by atoms with van der Waals surface area (Å²) in [5, 5.41) is 6.06. The number of anilines is 3. The number of primary amides is 1. The van der Waals surface area contributed by atoms with E-state index in [2.05, 4.69) is 20.6 Å². The molecule has 14 heteroatoms. The molecule has 0 bridgehead atoms. The van der Waals surface area contributed by atoms with Crippen molar-refractivity contribution in [2.45, 2.75) is 77.0 Å². The minimum Gasteiger partial charge on any atom is -0.444 e. The number of carbonyl (C=O) groups excluding carboxylic acids is 2. The maximum absolute atomic E-state index is 14.7. The molecule has 0 unspecified atom stereocenters. The second-order valence-corrected chi connectivity index (χ2v) is 12.3. The van der Waals surface area contributed by atoms with Gasteiger partial charge in [0.25, 0.3) is 0 Å². The van der Waals surface area contributed by atoms with Crippen molar-refractivity contribution in [3.63, 3.8) is 0 Å². The SMILES string of the molecule is CC(C)(C)OC(=O)N1CCC[C@@H](Nc2ncc3nc(Nc4c(F)cc(Cl)cc4F)n([C@H]4CC[C@@H](C(N)=O)CC4)c3n2)C1. The molecule has 0 spiro atoms. The first-order valence-corrected chi connectivity index (χ1v) is 14.5. The van der Waals surface area contributed by atoms with Gasteiger partial charge in [-0.1, -0.05) is 11.6 Å². The van der Waals surface area contributed by atoms with E-state index in [0.717, 1.165) is 25.0 Å². The van der Waals surface area contributed by atoms with Crippen LogP contribution in [0, 0.1) is 17.6 Å². The summed E-state index contributed by atoms with van der Waals surface area (Å²) in [5.41, 5.74) is 5.45. The number of amides is 2. The molecule has 2 fully saturated rings. The van der Waals surface area contributed by atoms with E-state index in [0.29, 0.717) is 55.9 Å². The maximum Gasteiger partial charge on any atom is 0.410 e. The third kappa shape index (κ3) is 6.66. The van der Waals surface area contributed by atoms with Gasteiger partial charge in [0, 0.05) is 36.1 Å². The average molecular weight is 605 g/mol. The molecule has 0 radical (unpaired) electrons. The fourth-order valence-electron chi connectivity index (χ4n) is 5.56. The molecule has 5 rings (SSSR count). The Balaban J connectivity index is 1.44. The summed E-state index contributed by atoms with van der Waals surface area (Å²) in [5.74, 6) is -1.78. The number of carbonyl (C=O) groups is 2. The lowest BCUT2D eigenvalue weighted by molar-refractivity contribution is -0.122. The van der Waals surface area contributed by atoms with Crippen molar-refractivity contribution in [1.82, 2.24) is 24.4 Å². The lowest BCUT2D eigenvalue weighted by atomic mass is 9.85. The average Bonchev–Trinajstić information content (AvgIpc) is 3.27. The van der Waals surface area contributed by atoms with Crippen LogP contribution in [0.5, 0.6) is 0 Å². The Kier molecular flexibility index (Phi) is 8.40. The summed E-state index contributed by atoms with van der Waals surface area (Å²) in [7, 11) is 0. The number of halogens is 3. The van der Waals surface area contributed by atoms with E-state index in [-0.39, 0.29) is 41.0 Å². The number of nitrogens with zero attached hydrogens (tertiary/aromatic N) is 5. The third-order valence-corrected chi connectivity index (χ3v) is 7.77. The number of fused-ring (bicyclic) bond motifs is 1. The van der Waals surface area contributed by atoms with Gasteiger partial charge in [0.2, 0.25) is 17.8 Å². The van der Waals surface area contributed by atoms with Crippen molar-refractivity contribution < 1.29 is 23.1 Å². The molecule has 1 saturated heterocycles.